The Morgan fingerprint density at radius 2 is 1.92 bits per heavy atom. The summed E-state index contributed by atoms with van der Waals surface area (Å²) in [6.07, 6.45) is 3.62. The predicted molar refractivity (Wildman–Crippen MR) is 99.6 cm³/mol. The summed E-state index contributed by atoms with van der Waals surface area (Å²) < 4.78 is 30.0. The maximum atomic E-state index is 7.96. The highest BCUT2D eigenvalue weighted by Gasteiger charge is 2.36. The number of hydrogen-bond donors (Lipinski definition) is 0. The third-order valence-electron chi connectivity index (χ3n) is 4.55. The van der Waals surface area contributed by atoms with Crippen LogP contribution in [0.2, 0.25) is 0 Å². The predicted octanol–water partition coefficient (Wildman–Crippen LogP) is 4.60. The number of hydrogen-bond acceptors (Lipinski definition) is 5. The number of benzene rings is 1. The summed E-state index contributed by atoms with van der Waals surface area (Å²) in [5, 5.41) is 1.80. The molecule has 0 spiro atoms. The van der Waals surface area contributed by atoms with Gasteiger partial charge in [-0.15, -0.1) is 0 Å². The molecule has 2 radical (unpaired) electrons. The number of fused-ring (bicyclic) bond motifs is 4. The molecular formula is C20H16N4O. The molecule has 0 bridgehead atoms. The van der Waals surface area contributed by atoms with Crippen molar-refractivity contribution in [1.29, 1.82) is 0 Å². The molecule has 0 aliphatic carbocycles. The largest absolute Gasteiger partial charge is 0.435 e. The van der Waals surface area contributed by atoms with Crippen molar-refractivity contribution < 1.29 is 8.53 Å². The Bertz CT molecular complexity index is 1220. The molecule has 3 aromatic heterocycles. The monoisotopic (exact) mass is 331 g/mol. The van der Waals surface area contributed by atoms with E-state index < -0.39 is 6.98 Å². The van der Waals surface area contributed by atoms with Gasteiger partial charge < -0.3 is 9.32 Å². The van der Waals surface area contributed by atoms with E-state index in [1.807, 2.05) is 31.2 Å². The van der Waals surface area contributed by atoms with Gasteiger partial charge in [0.15, 0.2) is 17.6 Å². The molecule has 5 nitrogen and oxygen atoms in total. The molecule has 0 N–H and O–H groups in total. The Balaban J connectivity index is 1.82. The Hall–Kier alpha value is -3.08. The van der Waals surface area contributed by atoms with Crippen LogP contribution in [0, 0.1) is 20.0 Å². The molecule has 5 rings (SSSR count). The van der Waals surface area contributed by atoms with Crippen molar-refractivity contribution in [2.24, 2.45) is 0 Å². The van der Waals surface area contributed by atoms with Crippen LogP contribution in [-0.2, 0) is 0 Å². The van der Waals surface area contributed by atoms with Crippen LogP contribution in [0.5, 0.6) is 0 Å². The lowest BCUT2D eigenvalue weighted by molar-refractivity contribution is 0.653. The van der Waals surface area contributed by atoms with E-state index in [0.29, 0.717) is 34.7 Å². The molecular weight excluding hydrogens is 312 g/mol. The quantitative estimate of drug-likeness (QED) is 0.510. The SMILES string of the molecule is [2H]C([2H])([2H])N1[C]([CH2])N(c2c(C)ccc3c2oc2ncccc23)c2ncccc21. The average molecular weight is 331 g/mol. The minimum absolute atomic E-state index is 0.303. The molecule has 0 unspecified atom stereocenters. The first-order chi connectivity index (χ1) is 13.4. The topological polar surface area (TPSA) is 45.4 Å². The van der Waals surface area contributed by atoms with Gasteiger partial charge in [0.05, 0.1) is 11.4 Å². The number of aromatic nitrogens is 2. The van der Waals surface area contributed by atoms with Crippen molar-refractivity contribution in [3.05, 3.63) is 67.4 Å². The van der Waals surface area contributed by atoms with E-state index >= 15 is 0 Å². The Labute approximate surface area is 149 Å². The first-order valence-electron chi connectivity index (χ1n) is 9.39. The van der Waals surface area contributed by atoms with E-state index in [9.17, 15) is 0 Å². The second kappa shape index (κ2) is 4.96. The van der Waals surface area contributed by atoms with Gasteiger partial charge in [-0.05, 0) is 43.7 Å². The summed E-state index contributed by atoms with van der Waals surface area (Å²) in [4.78, 5) is 11.7. The summed E-state index contributed by atoms with van der Waals surface area (Å²) in [5.74, 6) is 0.507. The summed E-state index contributed by atoms with van der Waals surface area (Å²) >= 11 is 0. The first kappa shape index (κ1) is 11.5. The van der Waals surface area contributed by atoms with E-state index in [-0.39, 0.29) is 0 Å². The lowest BCUT2D eigenvalue weighted by Gasteiger charge is -2.26. The van der Waals surface area contributed by atoms with Crippen LogP contribution in [0.15, 0.2) is 53.2 Å². The number of anilines is 3. The standard InChI is InChI=1S/C20H16N4O/c1-12-8-9-14-15-6-4-11-22-20(15)25-18(14)17(12)24-13(2)23(3)16-7-5-10-21-19(16)24/h4-11H,2H2,1,3H3/i3D3. The highest BCUT2D eigenvalue weighted by Crippen LogP contribution is 2.48. The molecule has 0 saturated heterocycles. The second-order valence-corrected chi connectivity index (χ2v) is 6.00. The molecule has 4 heterocycles. The molecule has 4 aromatic rings. The normalized spacial score (nSPS) is 17.0. The molecule has 0 atom stereocenters. The smallest absolute Gasteiger partial charge is 0.227 e. The molecule has 0 saturated carbocycles. The van der Waals surface area contributed by atoms with Crippen molar-refractivity contribution >= 4 is 39.3 Å². The maximum Gasteiger partial charge on any atom is 0.227 e. The molecule has 0 amide bonds. The van der Waals surface area contributed by atoms with Crippen LogP contribution in [0.25, 0.3) is 22.1 Å². The number of aryl methyl sites for hydroxylation is 1. The van der Waals surface area contributed by atoms with Gasteiger partial charge in [0.1, 0.15) is 0 Å². The van der Waals surface area contributed by atoms with Crippen molar-refractivity contribution in [3.63, 3.8) is 0 Å². The highest BCUT2D eigenvalue weighted by atomic mass is 16.3. The van der Waals surface area contributed by atoms with Crippen LogP contribution in [0.1, 0.15) is 9.68 Å². The zero-order chi connectivity index (χ0) is 19.6. The number of furan rings is 1. The summed E-state index contributed by atoms with van der Waals surface area (Å²) in [6.45, 7) is 3.63. The maximum absolute atomic E-state index is 7.96. The second-order valence-electron chi connectivity index (χ2n) is 6.00. The van der Waals surface area contributed by atoms with Gasteiger partial charge in [-0.3, -0.25) is 4.90 Å². The van der Waals surface area contributed by atoms with E-state index in [4.69, 9.17) is 8.53 Å². The molecule has 1 aliphatic heterocycles. The van der Waals surface area contributed by atoms with E-state index in [1.54, 1.807) is 29.4 Å². The van der Waals surface area contributed by atoms with Crippen LogP contribution < -0.4 is 9.80 Å². The number of pyridine rings is 2. The zero-order valence-electron chi connectivity index (χ0n) is 16.5. The Kier molecular flexibility index (Phi) is 2.27. The Morgan fingerprint density at radius 3 is 2.80 bits per heavy atom. The van der Waals surface area contributed by atoms with Gasteiger partial charge in [-0.1, -0.05) is 12.1 Å². The van der Waals surface area contributed by atoms with E-state index in [1.165, 1.54) is 4.90 Å². The van der Waals surface area contributed by atoms with Gasteiger partial charge >= 0.3 is 0 Å². The van der Waals surface area contributed by atoms with Gasteiger partial charge in [0.25, 0.3) is 0 Å². The minimum atomic E-state index is -2.39. The van der Waals surface area contributed by atoms with E-state index in [2.05, 4.69) is 16.9 Å². The fraction of sp³-hybridized carbons (Fsp3) is 0.100. The Morgan fingerprint density at radius 1 is 1.08 bits per heavy atom. The van der Waals surface area contributed by atoms with Gasteiger partial charge in [0.2, 0.25) is 5.71 Å². The zero-order valence-corrected chi connectivity index (χ0v) is 13.5. The molecule has 25 heavy (non-hydrogen) atoms. The number of nitrogens with zero attached hydrogens (tertiary/aromatic N) is 4. The molecule has 122 valence electrons. The van der Waals surface area contributed by atoms with Crippen molar-refractivity contribution in [1.82, 2.24) is 9.97 Å². The van der Waals surface area contributed by atoms with Gasteiger partial charge in [-0.25, -0.2) is 9.97 Å². The summed E-state index contributed by atoms with van der Waals surface area (Å²) in [5.41, 5.74) is 3.27. The molecule has 5 heteroatoms. The third-order valence-corrected chi connectivity index (χ3v) is 4.55. The highest BCUT2D eigenvalue weighted by molar-refractivity contribution is 6.10. The molecule has 1 aliphatic rings. The number of rotatable bonds is 1. The first-order valence-corrected chi connectivity index (χ1v) is 7.89. The van der Waals surface area contributed by atoms with Crippen molar-refractivity contribution in [2.75, 3.05) is 16.8 Å². The molecule has 1 aromatic carbocycles. The fourth-order valence-corrected chi connectivity index (χ4v) is 3.37. The van der Waals surface area contributed by atoms with Crippen LogP contribution in [0.4, 0.5) is 17.2 Å². The molecule has 0 fully saturated rings. The van der Waals surface area contributed by atoms with Gasteiger partial charge in [0, 0.05) is 34.3 Å². The lowest BCUT2D eigenvalue weighted by atomic mass is 10.1. The fourth-order valence-electron chi connectivity index (χ4n) is 3.37. The van der Waals surface area contributed by atoms with Crippen LogP contribution >= 0.6 is 0 Å². The average Bonchev–Trinajstić information content (AvgIpc) is 3.16. The van der Waals surface area contributed by atoms with E-state index in [0.717, 1.165) is 16.3 Å². The van der Waals surface area contributed by atoms with Crippen LogP contribution in [-0.4, -0.2) is 16.9 Å². The summed E-state index contributed by atoms with van der Waals surface area (Å²) in [6, 6.07) is 11.2. The lowest BCUT2D eigenvalue weighted by Crippen LogP contribution is -2.28. The third kappa shape index (κ3) is 1.83. The van der Waals surface area contributed by atoms with Crippen LogP contribution in [0.3, 0.4) is 0 Å². The van der Waals surface area contributed by atoms with Crippen molar-refractivity contribution in [2.45, 2.75) is 6.92 Å². The summed E-state index contributed by atoms with van der Waals surface area (Å²) in [7, 11) is 0. The minimum Gasteiger partial charge on any atom is -0.435 e. The van der Waals surface area contributed by atoms with Crippen molar-refractivity contribution in [3.8, 4) is 0 Å². The van der Waals surface area contributed by atoms with Gasteiger partial charge in [-0.2, -0.15) is 0 Å².